The fourth-order valence-electron chi connectivity index (χ4n) is 13.6. The largest absolute Gasteiger partial charge is 0.392 e. The molecule has 8 rings (SSSR count). The van der Waals surface area contributed by atoms with Gasteiger partial charge in [-0.1, -0.05) is 25.5 Å². The molecule has 65 heavy (non-hydrogen) atoms. The first kappa shape index (κ1) is 50.1. The first-order valence-corrected chi connectivity index (χ1v) is 23.9. The molecule has 8 aliphatic rings. The molecule has 0 spiro atoms. The molecule has 4 aliphatic carbocycles. The van der Waals surface area contributed by atoms with E-state index in [1.807, 2.05) is 13.0 Å². The molecule has 7 N–H and O–H groups in total. The Balaban J connectivity index is 0.832. The Hall–Kier alpha value is -1.27. The van der Waals surface area contributed by atoms with Crippen molar-refractivity contribution in [2.75, 3.05) is 14.2 Å². The third kappa shape index (κ3) is 8.53. The predicted octanol–water partition coefficient (Wildman–Crippen LogP) is 1.52. The molecule has 0 aromatic heterocycles. The smallest absolute Gasteiger partial charge is 0.161 e. The van der Waals surface area contributed by atoms with Crippen LogP contribution in [0.2, 0.25) is 0 Å². The predicted molar refractivity (Wildman–Crippen MR) is 226 cm³/mol. The van der Waals surface area contributed by atoms with Gasteiger partial charge in [0.05, 0.1) is 67.1 Å². The molecule has 372 valence electrons. The number of carbonyl (C=O) groups is 1. The zero-order valence-corrected chi connectivity index (χ0v) is 39.4. The molecule has 0 bridgehead atoms. The van der Waals surface area contributed by atoms with Gasteiger partial charge in [0, 0.05) is 57.2 Å². The van der Waals surface area contributed by atoms with Crippen LogP contribution < -0.4 is 0 Å². The van der Waals surface area contributed by atoms with Gasteiger partial charge in [0.15, 0.2) is 25.2 Å². The van der Waals surface area contributed by atoms with Crippen molar-refractivity contribution in [1.82, 2.24) is 0 Å². The summed E-state index contributed by atoms with van der Waals surface area (Å²) < 4.78 is 61.4. The molecule has 18 heteroatoms. The van der Waals surface area contributed by atoms with Crippen LogP contribution in [0.3, 0.4) is 0 Å². The molecule has 7 fully saturated rings. The van der Waals surface area contributed by atoms with Crippen molar-refractivity contribution in [1.29, 1.82) is 0 Å². The highest BCUT2D eigenvalue weighted by Crippen LogP contribution is 2.69. The highest BCUT2D eigenvalue weighted by Gasteiger charge is 2.79. The lowest BCUT2D eigenvalue weighted by Crippen LogP contribution is -2.78. The fourth-order valence-corrected chi connectivity index (χ4v) is 13.6. The van der Waals surface area contributed by atoms with Crippen molar-refractivity contribution in [2.24, 2.45) is 22.7 Å². The van der Waals surface area contributed by atoms with E-state index in [1.54, 1.807) is 34.8 Å². The number of fused-ring (bicyclic) bond motifs is 5. The quantitative estimate of drug-likeness (QED) is 0.145. The van der Waals surface area contributed by atoms with Crippen LogP contribution in [0.5, 0.6) is 0 Å². The van der Waals surface area contributed by atoms with E-state index < -0.39 is 144 Å². The first-order valence-electron chi connectivity index (χ1n) is 23.9. The number of Topliss-reactive ketones (excluding diaryl/α,β-unsaturated/α-hetero) is 1. The molecule has 4 heterocycles. The van der Waals surface area contributed by atoms with Crippen LogP contribution in [0.25, 0.3) is 0 Å². The number of aliphatic hydroxyl groups is 7. The Morgan fingerprint density at radius 3 is 1.72 bits per heavy atom. The highest BCUT2D eigenvalue weighted by molar-refractivity contribution is 5.80. The van der Waals surface area contributed by atoms with Gasteiger partial charge in [-0.3, -0.25) is 4.79 Å². The van der Waals surface area contributed by atoms with Gasteiger partial charge >= 0.3 is 0 Å². The molecule has 0 aromatic rings. The average Bonchev–Trinajstić information content (AvgIpc) is 3.47. The van der Waals surface area contributed by atoms with Crippen molar-refractivity contribution in [3.63, 3.8) is 0 Å². The minimum absolute atomic E-state index is 0.0152. The van der Waals surface area contributed by atoms with Gasteiger partial charge in [0.25, 0.3) is 0 Å². The van der Waals surface area contributed by atoms with Gasteiger partial charge in [-0.25, -0.2) is 0 Å². The average molecular weight is 929 g/mol. The molecule has 4 saturated heterocycles. The standard InChI is InChI=1S/C47H76O18/c1-21(48)28-15-35(52)47(55)45(28,7)34(51)20-33-44(6)12-11-27(14-26(44)10-13-46(33,47)54)62-38-19-32(57-9)43(25(5)61-38)65-37-17-30(50)41(23(3)60-37)63-36-16-29(49)42(24(4)59-36)64-39-18-31(56-8)40(53)22(2)58-39/h10,22-25,27-43,49-55H,11-20H2,1-9H3/t22-,23-,24-,25-,27+,28-,29+,30+,31-,32+,33-,34-,35-,36+,37+,38+,39+,40-,41-,42-,43-,44+,45+,46+,47-/m1/s1. The van der Waals surface area contributed by atoms with Crippen LogP contribution >= 0.6 is 0 Å². The Labute approximate surface area is 382 Å². The lowest BCUT2D eigenvalue weighted by Gasteiger charge is -2.66. The van der Waals surface area contributed by atoms with E-state index in [2.05, 4.69) is 6.92 Å². The van der Waals surface area contributed by atoms with Crippen LogP contribution in [-0.4, -0.2) is 184 Å². The SMILES string of the molecule is CO[C@H]1C[C@H](O[C@H]2CC[C@@]3(C)C(=CC[C@]4(O)[C@@H]3C[C@@H](O)[C@]3(C)[C@@H](C(C)=O)C[C@@H](O)[C@@]34O)C2)O[C@H](C)[C@H]1O[C@H]1C[C@H](O)[C@H](O[C@H]2C[C@H](O)[C@H](O[C@H]3C[C@@H](OC)[C@H](O)[C@@H](C)O3)[C@@H](C)O2)[C@@H](C)O1. The van der Waals surface area contributed by atoms with Gasteiger partial charge in [-0.15, -0.1) is 0 Å². The molecule has 3 saturated carbocycles. The lowest BCUT2D eigenvalue weighted by molar-refractivity contribution is -0.345. The third-order valence-corrected chi connectivity index (χ3v) is 17.4. The van der Waals surface area contributed by atoms with E-state index in [4.69, 9.17) is 47.4 Å². The zero-order chi connectivity index (χ0) is 47.1. The number of ether oxygens (including phenoxy) is 10. The van der Waals surface area contributed by atoms with Crippen molar-refractivity contribution in [3.8, 4) is 0 Å². The number of ketones is 1. The summed E-state index contributed by atoms with van der Waals surface area (Å²) in [6.07, 6.45) is -8.61. The van der Waals surface area contributed by atoms with E-state index in [0.717, 1.165) is 5.57 Å². The summed E-state index contributed by atoms with van der Waals surface area (Å²) in [6, 6.07) is 0. The van der Waals surface area contributed by atoms with Crippen LogP contribution in [-0.2, 0) is 52.2 Å². The monoisotopic (exact) mass is 929 g/mol. The molecular weight excluding hydrogens is 852 g/mol. The summed E-state index contributed by atoms with van der Waals surface area (Å²) in [5, 5.41) is 80.7. The Morgan fingerprint density at radius 1 is 0.662 bits per heavy atom. The molecular formula is C47H76O18. The topological polar surface area (TPSA) is 251 Å². The maximum absolute atomic E-state index is 12.7. The lowest BCUT2D eigenvalue weighted by atomic mass is 9.42. The second-order valence-electron chi connectivity index (χ2n) is 21.0. The van der Waals surface area contributed by atoms with Crippen molar-refractivity contribution >= 4 is 5.78 Å². The number of methoxy groups -OCH3 is 2. The minimum Gasteiger partial charge on any atom is -0.392 e. The van der Waals surface area contributed by atoms with Gasteiger partial charge in [0.1, 0.15) is 41.4 Å². The number of aliphatic hydroxyl groups excluding tert-OH is 5. The van der Waals surface area contributed by atoms with E-state index in [0.29, 0.717) is 32.1 Å². The normalized spacial score (nSPS) is 54.8. The highest BCUT2D eigenvalue weighted by atomic mass is 16.8. The van der Waals surface area contributed by atoms with E-state index >= 15 is 0 Å². The van der Waals surface area contributed by atoms with Gasteiger partial charge in [0.2, 0.25) is 0 Å². The maximum Gasteiger partial charge on any atom is 0.161 e. The number of carbonyl (C=O) groups excluding carboxylic acids is 1. The second kappa shape index (κ2) is 18.8. The van der Waals surface area contributed by atoms with Crippen molar-refractivity contribution < 1.29 is 87.9 Å². The van der Waals surface area contributed by atoms with Crippen molar-refractivity contribution in [2.45, 2.75) is 241 Å². The van der Waals surface area contributed by atoms with E-state index in [9.17, 15) is 40.5 Å². The minimum atomic E-state index is -2.08. The van der Waals surface area contributed by atoms with Crippen LogP contribution in [0.4, 0.5) is 0 Å². The molecule has 18 nitrogen and oxygen atoms in total. The van der Waals surface area contributed by atoms with E-state index in [-0.39, 0.29) is 44.0 Å². The summed E-state index contributed by atoms with van der Waals surface area (Å²) in [5.41, 5.74) is -4.75. The zero-order valence-electron chi connectivity index (χ0n) is 39.4. The maximum atomic E-state index is 12.7. The second-order valence-corrected chi connectivity index (χ2v) is 21.0. The van der Waals surface area contributed by atoms with Gasteiger partial charge in [-0.05, 0) is 78.6 Å². The molecule has 0 amide bonds. The summed E-state index contributed by atoms with van der Waals surface area (Å²) in [4.78, 5) is 12.7. The summed E-state index contributed by atoms with van der Waals surface area (Å²) in [6.45, 7) is 12.3. The van der Waals surface area contributed by atoms with Gasteiger partial charge in [-0.2, -0.15) is 0 Å². The fraction of sp³-hybridized carbons (Fsp3) is 0.936. The summed E-state index contributed by atoms with van der Waals surface area (Å²) in [5.74, 6) is -1.56. The van der Waals surface area contributed by atoms with Crippen LogP contribution in [0.15, 0.2) is 11.6 Å². The molecule has 0 radical (unpaired) electrons. The van der Waals surface area contributed by atoms with Crippen molar-refractivity contribution in [3.05, 3.63) is 11.6 Å². The number of hydrogen-bond donors (Lipinski definition) is 7. The van der Waals surface area contributed by atoms with Crippen LogP contribution in [0.1, 0.15) is 113 Å². The Morgan fingerprint density at radius 2 is 1.17 bits per heavy atom. The molecule has 4 aliphatic heterocycles. The summed E-state index contributed by atoms with van der Waals surface area (Å²) >= 11 is 0. The Bertz CT molecular complexity index is 1700. The Kier molecular flexibility index (Phi) is 14.5. The van der Waals surface area contributed by atoms with E-state index in [1.165, 1.54) is 14.0 Å². The molecule has 0 aromatic carbocycles. The summed E-state index contributed by atoms with van der Waals surface area (Å²) in [7, 11) is 3.13. The van der Waals surface area contributed by atoms with Gasteiger partial charge < -0.3 is 83.1 Å². The first-order chi connectivity index (χ1) is 30.6. The van der Waals surface area contributed by atoms with Crippen LogP contribution in [0, 0.1) is 22.7 Å². The number of hydrogen-bond acceptors (Lipinski definition) is 18. The molecule has 0 unspecified atom stereocenters. The number of rotatable bonds is 11. The molecule has 25 atom stereocenters. The third-order valence-electron chi connectivity index (χ3n) is 17.4.